The predicted octanol–water partition coefficient (Wildman–Crippen LogP) is 0.747. The van der Waals surface area contributed by atoms with Crippen molar-refractivity contribution < 1.29 is 5.11 Å². The summed E-state index contributed by atoms with van der Waals surface area (Å²) in [4.78, 5) is 2.27. The van der Waals surface area contributed by atoms with Crippen molar-refractivity contribution in [3.05, 3.63) is 0 Å². The zero-order chi connectivity index (χ0) is 9.03. The van der Waals surface area contributed by atoms with Crippen LogP contribution in [0.4, 0.5) is 0 Å². The first-order valence-electron chi connectivity index (χ1n) is 4.56. The molecule has 0 aromatic rings. The number of rotatable bonds is 1. The largest absolute Gasteiger partial charge is 0.375 e. The zero-order valence-corrected chi connectivity index (χ0v) is 7.58. The maximum atomic E-state index is 9.69. The first-order chi connectivity index (χ1) is 5.70. The molecule has 68 valence electrons. The quantitative estimate of drug-likeness (QED) is 0.588. The van der Waals surface area contributed by atoms with E-state index in [1.165, 1.54) is 0 Å². The maximum Gasteiger partial charge on any atom is 0.152 e. The smallest absolute Gasteiger partial charge is 0.152 e. The second-order valence-corrected chi connectivity index (χ2v) is 3.43. The summed E-state index contributed by atoms with van der Waals surface area (Å²) in [5.74, 6) is 0. The Balaban J connectivity index is 2.51. The summed E-state index contributed by atoms with van der Waals surface area (Å²) in [7, 11) is 0. The molecule has 1 aliphatic rings. The van der Waals surface area contributed by atoms with E-state index in [0.717, 1.165) is 26.1 Å². The molecule has 0 spiro atoms. The van der Waals surface area contributed by atoms with Gasteiger partial charge >= 0.3 is 0 Å². The van der Waals surface area contributed by atoms with Gasteiger partial charge in [0.15, 0.2) is 5.60 Å². The monoisotopic (exact) mass is 168 g/mol. The Morgan fingerprint density at radius 2 is 2.25 bits per heavy atom. The summed E-state index contributed by atoms with van der Waals surface area (Å²) in [5.41, 5.74) is -1.05. The lowest BCUT2D eigenvalue weighted by molar-refractivity contribution is 0.0826. The fraction of sp³-hybridized carbons (Fsp3) is 0.889. The van der Waals surface area contributed by atoms with Gasteiger partial charge in [-0.1, -0.05) is 6.92 Å². The van der Waals surface area contributed by atoms with E-state index in [9.17, 15) is 5.11 Å². The highest BCUT2D eigenvalue weighted by atomic mass is 16.3. The van der Waals surface area contributed by atoms with Crippen LogP contribution < -0.4 is 0 Å². The van der Waals surface area contributed by atoms with E-state index in [4.69, 9.17) is 5.26 Å². The first kappa shape index (κ1) is 9.50. The minimum atomic E-state index is -1.05. The molecule has 0 radical (unpaired) electrons. The van der Waals surface area contributed by atoms with Crippen LogP contribution in [0.25, 0.3) is 0 Å². The van der Waals surface area contributed by atoms with E-state index in [1.807, 2.05) is 6.07 Å². The van der Waals surface area contributed by atoms with Gasteiger partial charge in [0.1, 0.15) is 0 Å². The number of hydrogen-bond acceptors (Lipinski definition) is 3. The third-order valence-corrected chi connectivity index (χ3v) is 2.56. The first-order valence-corrected chi connectivity index (χ1v) is 4.56. The van der Waals surface area contributed by atoms with Gasteiger partial charge in [0, 0.05) is 13.0 Å². The van der Waals surface area contributed by atoms with Crippen molar-refractivity contribution in [2.24, 2.45) is 0 Å². The lowest BCUT2D eigenvalue weighted by atomic mass is 9.97. The second kappa shape index (κ2) is 3.88. The van der Waals surface area contributed by atoms with Crippen molar-refractivity contribution in [1.29, 1.82) is 5.26 Å². The summed E-state index contributed by atoms with van der Waals surface area (Å²) in [6, 6.07) is 1.99. The Kier molecular flexibility index (Phi) is 3.07. The molecule has 1 unspecified atom stereocenters. The van der Waals surface area contributed by atoms with E-state index in [1.54, 1.807) is 0 Å². The van der Waals surface area contributed by atoms with Gasteiger partial charge in [0.2, 0.25) is 0 Å². The molecule has 1 fully saturated rings. The molecule has 0 bridgehead atoms. The molecular weight excluding hydrogens is 152 g/mol. The Labute approximate surface area is 73.6 Å². The predicted molar refractivity (Wildman–Crippen MR) is 46.5 cm³/mol. The molecule has 0 aliphatic carbocycles. The number of hydrogen-bond donors (Lipinski definition) is 1. The Hall–Kier alpha value is -0.590. The Morgan fingerprint density at radius 3 is 2.83 bits per heavy atom. The van der Waals surface area contributed by atoms with E-state index >= 15 is 0 Å². The fourth-order valence-electron chi connectivity index (χ4n) is 1.60. The van der Waals surface area contributed by atoms with Gasteiger partial charge in [-0.2, -0.15) is 5.26 Å². The molecule has 0 amide bonds. The van der Waals surface area contributed by atoms with Crippen molar-refractivity contribution in [3.63, 3.8) is 0 Å². The number of nitriles is 1. The topological polar surface area (TPSA) is 47.3 Å². The highest BCUT2D eigenvalue weighted by Gasteiger charge is 2.29. The summed E-state index contributed by atoms with van der Waals surface area (Å²) in [5, 5.41) is 18.4. The van der Waals surface area contributed by atoms with Gasteiger partial charge in [-0.05, 0) is 25.9 Å². The average molecular weight is 168 g/mol. The van der Waals surface area contributed by atoms with E-state index < -0.39 is 5.60 Å². The summed E-state index contributed by atoms with van der Waals surface area (Å²) >= 11 is 0. The van der Waals surface area contributed by atoms with Crippen LogP contribution in [0.1, 0.15) is 26.2 Å². The van der Waals surface area contributed by atoms with E-state index in [2.05, 4.69) is 11.8 Å². The van der Waals surface area contributed by atoms with Gasteiger partial charge in [-0.15, -0.1) is 0 Å². The normalized spacial score (nSPS) is 32.4. The molecule has 1 saturated heterocycles. The highest BCUT2D eigenvalue weighted by molar-refractivity contribution is 5.01. The highest BCUT2D eigenvalue weighted by Crippen LogP contribution is 2.20. The lowest BCUT2D eigenvalue weighted by Gasteiger charge is -2.18. The maximum absolute atomic E-state index is 9.69. The molecule has 0 aromatic carbocycles. The van der Waals surface area contributed by atoms with Gasteiger partial charge in [-0.3, -0.25) is 0 Å². The van der Waals surface area contributed by atoms with Crippen LogP contribution in [0.5, 0.6) is 0 Å². The SMILES string of the molecule is CCN1CCCC(O)(C#N)CC1. The molecule has 1 N–H and O–H groups in total. The van der Waals surface area contributed by atoms with Crippen LogP contribution in [0.3, 0.4) is 0 Å². The average Bonchev–Trinajstić information content (AvgIpc) is 2.28. The summed E-state index contributed by atoms with van der Waals surface area (Å²) in [6.45, 7) is 4.99. The van der Waals surface area contributed by atoms with Crippen LogP contribution in [0.2, 0.25) is 0 Å². The van der Waals surface area contributed by atoms with Crippen LogP contribution in [0.15, 0.2) is 0 Å². The van der Waals surface area contributed by atoms with E-state index in [0.29, 0.717) is 12.8 Å². The lowest BCUT2D eigenvalue weighted by Crippen LogP contribution is -2.29. The standard InChI is InChI=1S/C9H16N2O/c1-2-11-6-3-4-9(12,8-10)5-7-11/h12H,2-7H2,1H3. The third-order valence-electron chi connectivity index (χ3n) is 2.56. The summed E-state index contributed by atoms with van der Waals surface area (Å²) < 4.78 is 0. The fourth-order valence-corrected chi connectivity index (χ4v) is 1.60. The molecule has 1 aliphatic heterocycles. The van der Waals surface area contributed by atoms with Crippen molar-refractivity contribution in [3.8, 4) is 6.07 Å². The molecule has 1 atom stereocenters. The van der Waals surface area contributed by atoms with Gasteiger partial charge in [-0.25, -0.2) is 0 Å². The van der Waals surface area contributed by atoms with Crippen molar-refractivity contribution in [1.82, 2.24) is 4.90 Å². The van der Waals surface area contributed by atoms with E-state index in [-0.39, 0.29) is 0 Å². The van der Waals surface area contributed by atoms with Crippen LogP contribution >= 0.6 is 0 Å². The number of nitrogens with zero attached hydrogens (tertiary/aromatic N) is 2. The van der Waals surface area contributed by atoms with Gasteiger partial charge < -0.3 is 10.0 Å². The van der Waals surface area contributed by atoms with Gasteiger partial charge in [0.05, 0.1) is 6.07 Å². The molecule has 3 heteroatoms. The molecule has 0 saturated carbocycles. The van der Waals surface area contributed by atoms with Crippen LogP contribution in [-0.4, -0.2) is 35.2 Å². The Morgan fingerprint density at radius 1 is 1.50 bits per heavy atom. The molecule has 12 heavy (non-hydrogen) atoms. The molecule has 1 rings (SSSR count). The minimum absolute atomic E-state index is 0.595. The number of aliphatic hydroxyl groups is 1. The second-order valence-electron chi connectivity index (χ2n) is 3.43. The third kappa shape index (κ3) is 2.20. The molecule has 1 heterocycles. The van der Waals surface area contributed by atoms with Crippen LogP contribution in [-0.2, 0) is 0 Å². The van der Waals surface area contributed by atoms with Crippen molar-refractivity contribution in [2.45, 2.75) is 31.8 Å². The van der Waals surface area contributed by atoms with Crippen molar-refractivity contribution in [2.75, 3.05) is 19.6 Å². The van der Waals surface area contributed by atoms with Crippen molar-refractivity contribution >= 4 is 0 Å². The molecular formula is C9H16N2O. The summed E-state index contributed by atoms with van der Waals surface area (Å²) in [6.07, 6.45) is 2.15. The molecule has 0 aromatic heterocycles. The minimum Gasteiger partial charge on any atom is -0.375 e. The Bertz CT molecular complexity index is 187. The zero-order valence-electron chi connectivity index (χ0n) is 7.58. The number of likely N-dealkylation sites (tertiary alicyclic amines) is 1. The van der Waals surface area contributed by atoms with Crippen LogP contribution in [0, 0.1) is 11.3 Å². The van der Waals surface area contributed by atoms with Gasteiger partial charge in [0.25, 0.3) is 0 Å². The molecule has 3 nitrogen and oxygen atoms in total.